The molecule has 0 spiro atoms. The van der Waals surface area contributed by atoms with E-state index in [4.69, 9.17) is 5.73 Å². The van der Waals surface area contributed by atoms with Gasteiger partial charge in [-0.25, -0.2) is 0 Å². The summed E-state index contributed by atoms with van der Waals surface area (Å²) in [4.78, 5) is 0. The third-order valence-corrected chi connectivity index (χ3v) is 3.73. The number of anilines is 2. The third-order valence-electron chi connectivity index (χ3n) is 3.73. The summed E-state index contributed by atoms with van der Waals surface area (Å²) in [6, 6.07) is 8.01. The van der Waals surface area contributed by atoms with Crippen molar-refractivity contribution in [2.75, 3.05) is 17.6 Å². The lowest BCUT2D eigenvalue weighted by Gasteiger charge is -2.34. The summed E-state index contributed by atoms with van der Waals surface area (Å²) in [5.74, 6) is 0. The van der Waals surface area contributed by atoms with Crippen LogP contribution in [0.25, 0.3) is 0 Å². The number of hydrogen-bond acceptors (Lipinski definition) is 2. The van der Waals surface area contributed by atoms with Crippen LogP contribution in [0, 0.1) is 5.41 Å². The van der Waals surface area contributed by atoms with E-state index in [1.54, 1.807) is 0 Å². The predicted octanol–water partition coefficient (Wildman–Crippen LogP) is 3.65. The van der Waals surface area contributed by atoms with E-state index in [2.05, 4.69) is 18.3 Å². The molecule has 0 aliphatic heterocycles. The lowest BCUT2D eigenvalue weighted by atomic mass is 9.76. The number of para-hydroxylation sites is 2. The Morgan fingerprint density at radius 2 is 1.88 bits per heavy atom. The molecule has 88 valence electrons. The standard InChI is InChI=1S/C14H22N2/c1-14(9-5-2-6-10-14)11-16-13-8-4-3-7-12(13)15/h3-4,7-8,16H,2,5-6,9-11,15H2,1H3. The van der Waals surface area contributed by atoms with E-state index in [-0.39, 0.29) is 0 Å². The van der Waals surface area contributed by atoms with Crippen LogP contribution in [0.1, 0.15) is 39.0 Å². The maximum absolute atomic E-state index is 5.92. The summed E-state index contributed by atoms with van der Waals surface area (Å²) in [6.07, 6.45) is 6.84. The minimum Gasteiger partial charge on any atom is -0.397 e. The van der Waals surface area contributed by atoms with Gasteiger partial charge in [0.05, 0.1) is 11.4 Å². The Kier molecular flexibility index (Phi) is 3.37. The van der Waals surface area contributed by atoms with Crippen molar-refractivity contribution in [2.45, 2.75) is 39.0 Å². The molecule has 2 nitrogen and oxygen atoms in total. The SMILES string of the molecule is CC1(CNc2ccccc2N)CCCCC1. The highest BCUT2D eigenvalue weighted by atomic mass is 14.9. The van der Waals surface area contributed by atoms with Crippen LogP contribution in [0.3, 0.4) is 0 Å². The van der Waals surface area contributed by atoms with Gasteiger partial charge in [-0.05, 0) is 30.4 Å². The Labute approximate surface area is 98.2 Å². The topological polar surface area (TPSA) is 38.0 Å². The van der Waals surface area contributed by atoms with E-state index in [1.807, 2.05) is 18.2 Å². The van der Waals surface area contributed by atoms with E-state index < -0.39 is 0 Å². The largest absolute Gasteiger partial charge is 0.397 e. The summed E-state index contributed by atoms with van der Waals surface area (Å²) in [6.45, 7) is 3.43. The molecular formula is C14H22N2. The lowest BCUT2D eigenvalue weighted by Crippen LogP contribution is -2.29. The molecule has 2 rings (SSSR count). The second-order valence-corrected chi connectivity index (χ2v) is 5.31. The van der Waals surface area contributed by atoms with Gasteiger partial charge in [0.15, 0.2) is 0 Å². The van der Waals surface area contributed by atoms with Crippen molar-refractivity contribution >= 4 is 11.4 Å². The molecule has 2 heteroatoms. The fraction of sp³-hybridized carbons (Fsp3) is 0.571. The van der Waals surface area contributed by atoms with Gasteiger partial charge in [-0.2, -0.15) is 0 Å². The third kappa shape index (κ3) is 2.69. The van der Waals surface area contributed by atoms with Gasteiger partial charge in [0.1, 0.15) is 0 Å². The maximum atomic E-state index is 5.92. The smallest absolute Gasteiger partial charge is 0.0574 e. The molecule has 1 aliphatic carbocycles. The van der Waals surface area contributed by atoms with Crippen LogP contribution >= 0.6 is 0 Å². The van der Waals surface area contributed by atoms with E-state index in [9.17, 15) is 0 Å². The van der Waals surface area contributed by atoms with Gasteiger partial charge >= 0.3 is 0 Å². The van der Waals surface area contributed by atoms with Crippen LogP contribution in [0.15, 0.2) is 24.3 Å². The van der Waals surface area contributed by atoms with Crippen molar-refractivity contribution in [3.05, 3.63) is 24.3 Å². The summed E-state index contributed by atoms with van der Waals surface area (Å²) in [7, 11) is 0. The molecule has 0 aromatic heterocycles. The Bertz CT molecular complexity index is 340. The van der Waals surface area contributed by atoms with Gasteiger partial charge < -0.3 is 11.1 Å². The Hall–Kier alpha value is -1.18. The summed E-state index contributed by atoms with van der Waals surface area (Å²) in [5.41, 5.74) is 8.30. The quantitative estimate of drug-likeness (QED) is 0.760. The van der Waals surface area contributed by atoms with Crippen LogP contribution in [-0.2, 0) is 0 Å². The fourth-order valence-electron chi connectivity index (χ4n) is 2.55. The first-order valence-electron chi connectivity index (χ1n) is 6.28. The molecule has 0 amide bonds. The number of nitrogens with two attached hydrogens (primary N) is 1. The molecule has 1 aromatic rings. The minimum absolute atomic E-state index is 0.459. The highest BCUT2D eigenvalue weighted by Gasteiger charge is 2.26. The molecule has 1 aromatic carbocycles. The van der Waals surface area contributed by atoms with Gasteiger partial charge in [-0.3, -0.25) is 0 Å². The average molecular weight is 218 g/mol. The van der Waals surface area contributed by atoms with E-state index in [1.165, 1.54) is 32.1 Å². The van der Waals surface area contributed by atoms with Crippen LogP contribution in [-0.4, -0.2) is 6.54 Å². The summed E-state index contributed by atoms with van der Waals surface area (Å²) >= 11 is 0. The molecule has 0 heterocycles. The Morgan fingerprint density at radius 1 is 1.19 bits per heavy atom. The zero-order chi connectivity index (χ0) is 11.4. The molecule has 1 aliphatic rings. The van der Waals surface area contributed by atoms with Crippen molar-refractivity contribution in [2.24, 2.45) is 5.41 Å². The van der Waals surface area contributed by atoms with Gasteiger partial charge in [0.25, 0.3) is 0 Å². The highest BCUT2D eigenvalue weighted by Crippen LogP contribution is 2.36. The monoisotopic (exact) mass is 218 g/mol. The number of hydrogen-bond donors (Lipinski definition) is 2. The normalized spacial score (nSPS) is 19.3. The Balaban J connectivity index is 1.94. The average Bonchev–Trinajstić information content (AvgIpc) is 2.29. The van der Waals surface area contributed by atoms with Crippen molar-refractivity contribution in [1.82, 2.24) is 0 Å². The first-order chi connectivity index (χ1) is 7.70. The number of rotatable bonds is 3. The Morgan fingerprint density at radius 3 is 2.56 bits per heavy atom. The molecule has 0 radical (unpaired) electrons. The van der Waals surface area contributed by atoms with E-state index in [0.29, 0.717) is 5.41 Å². The molecule has 1 saturated carbocycles. The second-order valence-electron chi connectivity index (χ2n) is 5.31. The zero-order valence-electron chi connectivity index (χ0n) is 10.1. The second kappa shape index (κ2) is 4.77. The number of nitrogens with one attached hydrogen (secondary N) is 1. The first kappa shape index (κ1) is 11.3. The first-order valence-corrected chi connectivity index (χ1v) is 6.28. The van der Waals surface area contributed by atoms with Crippen LogP contribution < -0.4 is 11.1 Å². The summed E-state index contributed by atoms with van der Waals surface area (Å²) < 4.78 is 0. The molecule has 0 saturated heterocycles. The minimum atomic E-state index is 0.459. The number of benzene rings is 1. The highest BCUT2D eigenvalue weighted by molar-refractivity contribution is 5.65. The molecular weight excluding hydrogens is 196 g/mol. The van der Waals surface area contributed by atoms with Gasteiger partial charge in [0, 0.05) is 6.54 Å². The maximum Gasteiger partial charge on any atom is 0.0574 e. The van der Waals surface area contributed by atoms with Gasteiger partial charge in [-0.15, -0.1) is 0 Å². The van der Waals surface area contributed by atoms with Gasteiger partial charge in [-0.1, -0.05) is 38.3 Å². The molecule has 0 atom stereocenters. The molecule has 0 unspecified atom stereocenters. The molecule has 1 fully saturated rings. The van der Waals surface area contributed by atoms with Crippen LogP contribution in [0.4, 0.5) is 11.4 Å². The van der Waals surface area contributed by atoms with Crippen molar-refractivity contribution in [3.63, 3.8) is 0 Å². The van der Waals surface area contributed by atoms with Crippen molar-refractivity contribution < 1.29 is 0 Å². The molecule has 16 heavy (non-hydrogen) atoms. The lowest BCUT2D eigenvalue weighted by molar-refractivity contribution is 0.233. The predicted molar refractivity (Wildman–Crippen MR) is 70.5 cm³/mol. The zero-order valence-corrected chi connectivity index (χ0v) is 10.1. The summed E-state index contributed by atoms with van der Waals surface area (Å²) in [5, 5.41) is 3.50. The van der Waals surface area contributed by atoms with E-state index in [0.717, 1.165) is 17.9 Å². The van der Waals surface area contributed by atoms with Crippen LogP contribution in [0.2, 0.25) is 0 Å². The fourth-order valence-corrected chi connectivity index (χ4v) is 2.55. The van der Waals surface area contributed by atoms with Gasteiger partial charge in [0.2, 0.25) is 0 Å². The molecule has 3 N–H and O–H groups in total. The molecule has 0 bridgehead atoms. The number of nitrogen functional groups attached to an aromatic ring is 1. The van der Waals surface area contributed by atoms with E-state index >= 15 is 0 Å². The van der Waals surface area contributed by atoms with Crippen LogP contribution in [0.5, 0.6) is 0 Å². The van der Waals surface area contributed by atoms with Crippen molar-refractivity contribution in [3.8, 4) is 0 Å². The van der Waals surface area contributed by atoms with Crippen molar-refractivity contribution in [1.29, 1.82) is 0 Å².